The standard InChI is InChI=1S/C17H26N2O/c1-17(2,3)19-10-8-15(13-19)11-16(20)7-6-14-5-4-9-18-12-14/h4-5,9,12,15H,6-8,10-11,13H2,1-3H3/t15-/m1/s1. The van der Waals surface area contributed by atoms with E-state index >= 15 is 0 Å². The molecule has 0 spiro atoms. The summed E-state index contributed by atoms with van der Waals surface area (Å²) in [4.78, 5) is 18.7. The number of carbonyl (C=O) groups is 1. The van der Waals surface area contributed by atoms with Crippen LogP contribution >= 0.6 is 0 Å². The van der Waals surface area contributed by atoms with Crippen molar-refractivity contribution in [1.82, 2.24) is 9.88 Å². The zero-order valence-corrected chi connectivity index (χ0v) is 12.9. The third kappa shape index (κ3) is 4.41. The van der Waals surface area contributed by atoms with Gasteiger partial charge in [0.1, 0.15) is 5.78 Å². The van der Waals surface area contributed by atoms with Crippen molar-refractivity contribution >= 4 is 5.78 Å². The van der Waals surface area contributed by atoms with Crippen LogP contribution in [0.25, 0.3) is 0 Å². The lowest BCUT2D eigenvalue weighted by Crippen LogP contribution is -2.39. The Bertz CT molecular complexity index is 436. The minimum Gasteiger partial charge on any atom is -0.300 e. The Morgan fingerprint density at radius 3 is 2.85 bits per heavy atom. The molecule has 1 fully saturated rings. The van der Waals surface area contributed by atoms with Gasteiger partial charge in [0.25, 0.3) is 0 Å². The topological polar surface area (TPSA) is 33.2 Å². The van der Waals surface area contributed by atoms with Gasteiger partial charge in [-0.25, -0.2) is 0 Å². The van der Waals surface area contributed by atoms with Crippen LogP contribution in [0, 0.1) is 5.92 Å². The maximum atomic E-state index is 12.1. The van der Waals surface area contributed by atoms with Gasteiger partial charge in [-0.2, -0.15) is 0 Å². The van der Waals surface area contributed by atoms with Crippen LogP contribution in [0.4, 0.5) is 0 Å². The van der Waals surface area contributed by atoms with E-state index in [0.29, 0.717) is 18.1 Å². The normalized spacial score (nSPS) is 20.2. The molecule has 0 radical (unpaired) electrons. The Labute approximate surface area is 122 Å². The van der Waals surface area contributed by atoms with E-state index in [4.69, 9.17) is 0 Å². The molecule has 0 amide bonds. The Morgan fingerprint density at radius 2 is 2.25 bits per heavy atom. The number of aryl methyl sites for hydroxylation is 1. The molecule has 1 aliphatic heterocycles. The van der Waals surface area contributed by atoms with Crippen LogP contribution in [-0.2, 0) is 11.2 Å². The second kappa shape index (κ2) is 6.49. The van der Waals surface area contributed by atoms with Crippen molar-refractivity contribution in [1.29, 1.82) is 0 Å². The predicted molar refractivity (Wildman–Crippen MR) is 81.6 cm³/mol. The summed E-state index contributed by atoms with van der Waals surface area (Å²) >= 11 is 0. The molecule has 2 rings (SSSR count). The predicted octanol–water partition coefficient (Wildman–Crippen LogP) is 3.09. The van der Waals surface area contributed by atoms with Crippen LogP contribution in [0.5, 0.6) is 0 Å². The lowest BCUT2D eigenvalue weighted by molar-refractivity contribution is -0.119. The molecular formula is C17H26N2O. The molecule has 0 N–H and O–H groups in total. The summed E-state index contributed by atoms with van der Waals surface area (Å²) in [6.07, 6.45) is 7.00. The smallest absolute Gasteiger partial charge is 0.133 e. The van der Waals surface area contributed by atoms with Crippen molar-refractivity contribution in [3.63, 3.8) is 0 Å². The molecular weight excluding hydrogens is 248 g/mol. The van der Waals surface area contributed by atoms with E-state index < -0.39 is 0 Å². The minimum atomic E-state index is 0.230. The molecule has 0 aliphatic carbocycles. The largest absolute Gasteiger partial charge is 0.300 e. The first-order chi connectivity index (χ1) is 9.45. The summed E-state index contributed by atoms with van der Waals surface area (Å²) in [6, 6.07) is 3.97. The van der Waals surface area contributed by atoms with Crippen molar-refractivity contribution in [2.24, 2.45) is 5.92 Å². The fraction of sp³-hybridized carbons (Fsp3) is 0.647. The van der Waals surface area contributed by atoms with E-state index in [1.165, 1.54) is 0 Å². The Morgan fingerprint density at radius 1 is 1.45 bits per heavy atom. The molecule has 0 unspecified atom stereocenters. The number of pyridine rings is 1. The molecule has 0 saturated carbocycles. The monoisotopic (exact) mass is 274 g/mol. The summed E-state index contributed by atoms with van der Waals surface area (Å²) in [6.45, 7) is 8.95. The first-order valence-electron chi connectivity index (χ1n) is 7.61. The lowest BCUT2D eigenvalue weighted by atomic mass is 9.98. The number of hydrogen-bond donors (Lipinski definition) is 0. The molecule has 1 saturated heterocycles. The van der Waals surface area contributed by atoms with Crippen molar-refractivity contribution < 1.29 is 4.79 Å². The van der Waals surface area contributed by atoms with E-state index in [1.54, 1.807) is 6.20 Å². The molecule has 3 heteroatoms. The average Bonchev–Trinajstić information content (AvgIpc) is 2.86. The second-order valence-electron chi connectivity index (χ2n) is 6.88. The SMILES string of the molecule is CC(C)(C)N1CC[C@H](CC(=O)CCc2cccnc2)C1. The summed E-state index contributed by atoms with van der Waals surface area (Å²) in [5.41, 5.74) is 1.39. The fourth-order valence-electron chi connectivity index (χ4n) is 2.86. The third-order valence-corrected chi connectivity index (χ3v) is 4.17. The summed E-state index contributed by atoms with van der Waals surface area (Å²) in [7, 11) is 0. The van der Waals surface area contributed by atoms with Crippen molar-refractivity contribution in [3.8, 4) is 0 Å². The van der Waals surface area contributed by atoms with Gasteiger partial charge in [-0.15, -0.1) is 0 Å². The highest BCUT2D eigenvalue weighted by Gasteiger charge is 2.30. The average molecular weight is 274 g/mol. The van der Waals surface area contributed by atoms with E-state index in [9.17, 15) is 4.79 Å². The van der Waals surface area contributed by atoms with Crippen LogP contribution in [0.3, 0.4) is 0 Å². The molecule has 1 aromatic rings. The molecule has 20 heavy (non-hydrogen) atoms. The third-order valence-electron chi connectivity index (χ3n) is 4.17. The highest BCUT2D eigenvalue weighted by Crippen LogP contribution is 2.26. The summed E-state index contributed by atoms with van der Waals surface area (Å²) in [5.74, 6) is 0.949. The van der Waals surface area contributed by atoms with Gasteiger partial charge in [0.15, 0.2) is 0 Å². The summed E-state index contributed by atoms with van der Waals surface area (Å²) < 4.78 is 0. The van der Waals surface area contributed by atoms with Crippen LogP contribution in [0.2, 0.25) is 0 Å². The number of carbonyl (C=O) groups excluding carboxylic acids is 1. The zero-order chi connectivity index (χ0) is 14.6. The fourth-order valence-corrected chi connectivity index (χ4v) is 2.86. The van der Waals surface area contributed by atoms with Gasteiger partial charge in [0, 0.05) is 37.3 Å². The van der Waals surface area contributed by atoms with Crippen molar-refractivity contribution in [3.05, 3.63) is 30.1 Å². The van der Waals surface area contributed by atoms with E-state index in [0.717, 1.165) is 37.9 Å². The van der Waals surface area contributed by atoms with Gasteiger partial charge >= 0.3 is 0 Å². The van der Waals surface area contributed by atoms with Gasteiger partial charge in [-0.05, 0) is 57.7 Å². The molecule has 3 nitrogen and oxygen atoms in total. The van der Waals surface area contributed by atoms with Crippen molar-refractivity contribution in [2.75, 3.05) is 13.1 Å². The number of nitrogens with zero attached hydrogens (tertiary/aromatic N) is 2. The quantitative estimate of drug-likeness (QED) is 0.827. The first kappa shape index (κ1) is 15.2. The maximum Gasteiger partial charge on any atom is 0.133 e. The number of Topliss-reactive ketones (excluding diaryl/α,β-unsaturated/α-hetero) is 1. The molecule has 1 aromatic heterocycles. The van der Waals surface area contributed by atoms with Gasteiger partial charge in [0.05, 0.1) is 0 Å². The summed E-state index contributed by atoms with van der Waals surface area (Å²) in [5, 5.41) is 0. The number of aromatic nitrogens is 1. The number of ketones is 1. The second-order valence-corrected chi connectivity index (χ2v) is 6.88. The highest BCUT2D eigenvalue weighted by atomic mass is 16.1. The zero-order valence-electron chi connectivity index (χ0n) is 12.9. The number of hydrogen-bond acceptors (Lipinski definition) is 3. The van der Waals surface area contributed by atoms with Gasteiger partial charge in [-0.1, -0.05) is 6.07 Å². The number of rotatable bonds is 5. The van der Waals surface area contributed by atoms with E-state index in [-0.39, 0.29) is 5.54 Å². The van der Waals surface area contributed by atoms with Crippen molar-refractivity contribution in [2.45, 2.75) is 52.0 Å². The Balaban J connectivity index is 1.73. The van der Waals surface area contributed by atoms with Crippen LogP contribution < -0.4 is 0 Å². The van der Waals surface area contributed by atoms with Gasteiger partial charge in [0.2, 0.25) is 0 Å². The minimum absolute atomic E-state index is 0.230. The van der Waals surface area contributed by atoms with Crippen LogP contribution in [-0.4, -0.2) is 34.3 Å². The molecule has 110 valence electrons. The first-order valence-corrected chi connectivity index (χ1v) is 7.61. The number of likely N-dealkylation sites (tertiary alicyclic amines) is 1. The molecule has 0 bridgehead atoms. The molecule has 0 aromatic carbocycles. The Hall–Kier alpha value is -1.22. The Kier molecular flexibility index (Phi) is 4.92. The van der Waals surface area contributed by atoms with E-state index in [1.807, 2.05) is 18.3 Å². The van der Waals surface area contributed by atoms with Crippen LogP contribution in [0.15, 0.2) is 24.5 Å². The molecule has 2 heterocycles. The van der Waals surface area contributed by atoms with Gasteiger partial charge < -0.3 is 0 Å². The maximum absolute atomic E-state index is 12.1. The lowest BCUT2D eigenvalue weighted by Gasteiger charge is -2.31. The van der Waals surface area contributed by atoms with Gasteiger partial charge in [-0.3, -0.25) is 14.7 Å². The van der Waals surface area contributed by atoms with E-state index in [2.05, 4.69) is 30.7 Å². The van der Waals surface area contributed by atoms with Crippen LogP contribution in [0.1, 0.15) is 45.6 Å². The highest BCUT2D eigenvalue weighted by molar-refractivity contribution is 5.78. The molecule has 1 atom stereocenters. The molecule has 1 aliphatic rings.